The van der Waals surface area contributed by atoms with Crippen molar-refractivity contribution in [1.82, 2.24) is 0 Å². The van der Waals surface area contributed by atoms with Crippen LogP contribution in [0.15, 0.2) is 24.3 Å². The van der Waals surface area contributed by atoms with Crippen molar-refractivity contribution in [2.24, 2.45) is 0 Å². The van der Waals surface area contributed by atoms with Gasteiger partial charge in [0.2, 0.25) is 0 Å². The molecule has 0 saturated heterocycles. The van der Waals surface area contributed by atoms with Crippen LogP contribution in [-0.2, 0) is 0 Å². The van der Waals surface area contributed by atoms with Crippen LogP contribution in [0.5, 0.6) is 0 Å². The molecule has 0 amide bonds. The molecule has 0 bridgehead atoms. The van der Waals surface area contributed by atoms with Crippen LogP contribution in [0.25, 0.3) is 0 Å². The smallest absolute Gasteiger partial charge is 0.139 e. The second-order valence-corrected chi connectivity index (χ2v) is 9.48. The normalized spacial score (nSPS) is 11.4. The number of rotatable bonds is 2. The van der Waals surface area contributed by atoms with E-state index in [1.165, 1.54) is 0 Å². The molecule has 1 aromatic rings. The van der Waals surface area contributed by atoms with E-state index in [1.54, 1.807) is 12.1 Å². The number of carbonyl (C=O) groups is 1. The first kappa shape index (κ1) is 10.5. The van der Waals surface area contributed by atoms with Crippen LogP contribution in [0.4, 0.5) is 0 Å². The maximum atomic E-state index is 11.8. The standard InChI is InChI=1S/C10H13ClOSi/c1-13(2,3)10(12)8-5-4-6-9(11)7-8/h4-7H,1-3H3. The Morgan fingerprint density at radius 2 is 1.92 bits per heavy atom. The van der Waals surface area contributed by atoms with Crippen molar-refractivity contribution >= 4 is 25.1 Å². The van der Waals surface area contributed by atoms with Gasteiger partial charge in [0, 0.05) is 10.6 Å². The molecule has 3 heteroatoms. The summed E-state index contributed by atoms with van der Waals surface area (Å²) in [5.74, 6) is 0. The quantitative estimate of drug-likeness (QED) is 0.687. The molecule has 0 spiro atoms. The molecule has 0 N–H and O–H groups in total. The fourth-order valence-electron chi connectivity index (χ4n) is 1.06. The average Bonchev–Trinajstić information content (AvgIpc) is 2.01. The van der Waals surface area contributed by atoms with E-state index in [1.807, 2.05) is 31.8 Å². The molecule has 1 aromatic carbocycles. The van der Waals surface area contributed by atoms with Crippen LogP contribution in [0.1, 0.15) is 10.4 Å². The van der Waals surface area contributed by atoms with E-state index in [9.17, 15) is 4.79 Å². The highest BCUT2D eigenvalue weighted by atomic mass is 35.5. The van der Waals surface area contributed by atoms with Crippen LogP contribution in [0.2, 0.25) is 24.7 Å². The minimum atomic E-state index is -1.72. The molecule has 0 saturated carbocycles. The molecule has 0 atom stereocenters. The van der Waals surface area contributed by atoms with Crippen LogP contribution >= 0.6 is 11.6 Å². The van der Waals surface area contributed by atoms with Gasteiger partial charge in [-0.05, 0) is 12.1 Å². The van der Waals surface area contributed by atoms with Crippen LogP contribution in [0, 0.1) is 0 Å². The zero-order valence-electron chi connectivity index (χ0n) is 8.10. The van der Waals surface area contributed by atoms with Gasteiger partial charge < -0.3 is 4.79 Å². The van der Waals surface area contributed by atoms with Crippen LogP contribution in [0.3, 0.4) is 0 Å². The van der Waals surface area contributed by atoms with Crippen LogP contribution < -0.4 is 0 Å². The van der Waals surface area contributed by atoms with E-state index in [0.29, 0.717) is 5.02 Å². The molecule has 0 heterocycles. The Kier molecular flexibility index (Phi) is 2.93. The topological polar surface area (TPSA) is 17.1 Å². The molecule has 13 heavy (non-hydrogen) atoms. The van der Waals surface area contributed by atoms with E-state index < -0.39 is 8.07 Å². The fraction of sp³-hybridized carbons (Fsp3) is 0.300. The lowest BCUT2D eigenvalue weighted by molar-refractivity contribution is 0.106. The van der Waals surface area contributed by atoms with E-state index >= 15 is 0 Å². The van der Waals surface area contributed by atoms with E-state index in [2.05, 4.69) is 0 Å². The SMILES string of the molecule is C[Si](C)(C)C(=O)c1cccc(Cl)c1. The third-order valence-corrected chi connectivity index (χ3v) is 3.65. The molecule has 1 rings (SSSR count). The fourth-order valence-corrected chi connectivity index (χ4v) is 2.27. The number of benzene rings is 1. The van der Waals surface area contributed by atoms with Gasteiger partial charge in [0.05, 0.1) is 0 Å². The Bertz CT molecular complexity index is 328. The average molecular weight is 213 g/mol. The third kappa shape index (κ3) is 2.67. The summed E-state index contributed by atoms with van der Waals surface area (Å²) >= 11 is 5.80. The number of hydrogen-bond donors (Lipinski definition) is 0. The van der Waals surface area contributed by atoms with Crippen molar-refractivity contribution in [3.63, 3.8) is 0 Å². The van der Waals surface area contributed by atoms with Crippen molar-refractivity contribution in [2.75, 3.05) is 0 Å². The van der Waals surface area contributed by atoms with Gasteiger partial charge in [0.15, 0.2) is 0 Å². The molecule has 0 aliphatic rings. The van der Waals surface area contributed by atoms with Crippen molar-refractivity contribution in [3.8, 4) is 0 Å². The van der Waals surface area contributed by atoms with Gasteiger partial charge in [-0.15, -0.1) is 0 Å². The minimum absolute atomic E-state index is 0.259. The molecular formula is C10H13ClOSi. The molecular weight excluding hydrogens is 200 g/mol. The minimum Gasteiger partial charge on any atom is -0.300 e. The molecule has 1 nitrogen and oxygen atoms in total. The second kappa shape index (κ2) is 3.64. The first-order chi connectivity index (χ1) is 5.91. The third-order valence-electron chi connectivity index (χ3n) is 1.77. The Hall–Kier alpha value is -0.603. The maximum absolute atomic E-state index is 11.8. The van der Waals surface area contributed by atoms with Crippen molar-refractivity contribution in [2.45, 2.75) is 19.6 Å². The van der Waals surface area contributed by atoms with Crippen molar-refractivity contribution < 1.29 is 4.79 Å². The zero-order valence-corrected chi connectivity index (χ0v) is 9.85. The monoisotopic (exact) mass is 212 g/mol. The van der Waals surface area contributed by atoms with Gasteiger partial charge in [0.25, 0.3) is 0 Å². The molecule has 0 aliphatic heterocycles. The molecule has 70 valence electrons. The molecule has 0 unspecified atom stereocenters. The van der Waals surface area contributed by atoms with Gasteiger partial charge in [0.1, 0.15) is 13.5 Å². The number of halogens is 1. The molecule has 0 radical (unpaired) electrons. The summed E-state index contributed by atoms with van der Waals surface area (Å²) < 4.78 is 0. The van der Waals surface area contributed by atoms with E-state index in [4.69, 9.17) is 11.6 Å². The van der Waals surface area contributed by atoms with Gasteiger partial charge in [-0.2, -0.15) is 0 Å². The summed E-state index contributed by atoms with van der Waals surface area (Å²) in [6.45, 7) is 6.11. The summed E-state index contributed by atoms with van der Waals surface area (Å²) in [7, 11) is -1.72. The lowest BCUT2D eigenvalue weighted by atomic mass is 10.2. The number of hydrogen-bond acceptors (Lipinski definition) is 1. The Labute approximate surface area is 84.7 Å². The van der Waals surface area contributed by atoms with Crippen molar-refractivity contribution in [1.29, 1.82) is 0 Å². The molecule has 0 aliphatic carbocycles. The summed E-state index contributed by atoms with van der Waals surface area (Å²) in [6.07, 6.45) is 0. The lowest BCUT2D eigenvalue weighted by Crippen LogP contribution is -2.33. The highest BCUT2D eigenvalue weighted by Crippen LogP contribution is 2.15. The highest BCUT2D eigenvalue weighted by molar-refractivity contribution is 7.05. The van der Waals surface area contributed by atoms with Crippen molar-refractivity contribution in [3.05, 3.63) is 34.9 Å². The maximum Gasteiger partial charge on any atom is 0.139 e. The zero-order chi connectivity index (χ0) is 10.1. The first-order valence-electron chi connectivity index (χ1n) is 4.21. The molecule has 0 fully saturated rings. The molecule has 0 aromatic heterocycles. The second-order valence-electron chi connectivity index (χ2n) is 4.09. The summed E-state index contributed by atoms with van der Waals surface area (Å²) in [4.78, 5) is 11.8. The highest BCUT2D eigenvalue weighted by Gasteiger charge is 2.25. The van der Waals surface area contributed by atoms with E-state index in [-0.39, 0.29) is 5.41 Å². The summed E-state index contributed by atoms with van der Waals surface area (Å²) in [5, 5.41) is 0.888. The van der Waals surface area contributed by atoms with E-state index in [0.717, 1.165) is 5.56 Å². The Morgan fingerprint density at radius 1 is 1.31 bits per heavy atom. The largest absolute Gasteiger partial charge is 0.300 e. The first-order valence-corrected chi connectivity index (χ1v) is 8.09. The predicted octanol–water partition coefficient (Wildman–Crippen LogP) is 3.40. The summed E-state index contributed by atoms with van der Waals surface area (Å²) in [5.41, 5.74) is 0.742. The summed E-state index contributed by atoms with van der Waals surface area (Å²) in [6, 6.07) is 7.16. The lowest BCUT2D eigenvalue weighted by Gasteiger charge is -2.13. The van der Waals surface area contributed by atoms with Gasteiger partial charge in [-0.3, -0.25) is 0 Å². The number of carbonyl (C=O) groups excluding carboxylic acids is 1. The van der Waals surface area contributed by atoms with Crippen LogP contribution in [-0.4, -0.2) is 13.5 Å². The Morgan fingerprint density at radius 3 is 2.38 bits per heavy atom. The van der Waals surface area contributed by atoms with Gasteiger partial charge >= 0.3 is 0 Å². The predicted molar refractivity (Wildman–Crippen MR) is 59.1 cm³/mol. The Balaban J connectivity index is 3.03. The van der Waals surface area contributed by atoms with Gasteiger partial charge in [-0.1, -0.05) is 43.4 Å². The van der Waals surface area contributed by atoms with Gasteiger partial charge in [-0.25, -0.2) is 0 Å².